The number of halogens is 1. The molecular weight excluding hydrogens is 452 g/mol. The summed E-state index contributed by atoms with van der Waals surface area (Å²) in [5, 5.41) is 4.07. The maximum Gasteiger partial charge on any atom is 0.263 e. The third kappa shape index (κ3) is 5.40. The van der Waals surface area contributed by atoms with Crippen LogP contribution in [-0.2, 0) is 14.3 Å². The average molecular weight is 491 g/mol. The number of carbonyl (C=O) groups excluding carboxylic acids is 1. The minimum atomic E-state index is -0.942. The Morgan fingerprint density at radius 3 is 2.50 bits per heavy atom. The zero-order valence-corrected chi connectivity index (χ0v) is 21.3. The smallest absolute Gasteiger partial charge is 0.263 e. The molecule has 4 bridgehead atoms. The van der Waals surface area contributed by atoms with Crippen LogP contribution < -0.4 is 10.1 Å². The number of benzene rings is 1. The van der Waals surface area contributed by atoms with Crippen LogP contribution in [0, 0.1) is 23.2 Å². The van der Waals surface area contributed by atoms with Crippen molar-refractivity contribution in [2.75, 3.05) is 46.1 Å². The second-order valence-electron chi connectivity index (χ2n) is 11.5. The molecule has 5 aliphatic rings. The molecule has 0 radical (unpaired) electrons. The number of morpholine rings is 1. The van der Waals surface area contributed by atoms with Gasteiger partial charge in [0.2, 0.25) is 0 Å². The highest BCUT2D eigenvalue weighted by Crippen LogP contribution is 2.60. The molecule has 1 aromatic rings. The van der Waals surface area contributed by atoms with E-state index in [1.54, 1.807) is 12.1 Å². The highest BCUT2D eigenvalue weighted by atomic mass is 35.5. The number of ether oxygens (including phenoxy) is 3. The lowest BCUT2D eigenvalue weighted by Gasteiger charge is -2.60. The predicted octanol–water partition coefficient (Wildman–Crippen LogP) is 4.16. The van der Waals surface area contributed by atoms with E-state index in [-0.39, 0.29) is 11.9 Å². The van der Waals surface area contributed by atoms with Gasteiger partial charge in [-0.3, -0.25) is 9.69 Å². The molecule has 6 nitrogen and oxygen atoms in total. The summed E-state index contributed by atoms with van der Waals surface area (Å²) < 4.78 is 17.8. The first-order valence-corrected chi connectivity index (χ1v) is 13.3. The first kappa shape index (κ1) is 24.4. The lowest BCUT2D eigenvalue weighted by atomic mass is 9.48. The summed E-state index contributed by atoms with van der Waals surface area (Å²) in [6, 6.07) is 7.43. The van der Waals surface area contributed by atoms with Crippen LogP contribution in [-0.4, -0.2) is 68.5 Å². The van der Waals surface area contributed by atoms with Crippen LogP contribution >= 0.6 is 11.6 Å². The SMILES string of the molecule is CC(C)(Oc1ccc(Cl)cc1)C(=O)NC1C2CC3CC1CC(COCCN1CCOCC1)(C3)C2. The van der Waals surface area contributed by atoms with Gasteiger partial charge in [0.1, 0.15) is 5.75 Å². The fourth-order valence-corrected chi connectivity index (χ4v) is 7.21. The Labute approximate surface area is 208 Å². The van der Waals surface area contributed by atoms with Gasteiger partial charge in [-0.15, -0.1) is 0 Å². The molecule has 1 aliphatic heterocycles. The Balaban J connectivity index is 1.14. The van der Waals surface area contributed by atoms with E-state index in [1.165, 1.54) is 32.1 Å². The Hall–Kier alpha value is -1.34. The lowest BCUT2D eigenvalue weighted by molar-refractivity contribution is -0.144. The molecule has 1 N–H and O–H groups in total. The fourth-order valence-electron chi connectivity index (χ4n) is 7.08. The lowest BCUT2D eigenvalue weighted by Crippen LogP contribution is -2.62. The van der Waals surface area contributed by atoms with Gasteiger partial charge in [0.25, 0.3) is 5.91 Å². The van der Waals surface area contributed by atoms with Crippen LogP contribution in [0.25, 0.3) is 0 Å². The first-order chi connectivity index (χ1) is 16.3. The van der Waals surface area contributed by atoms with Crippen LogP contribution in [0.1, 0.15) is 46.0 Å². The van der Waals surface area contributed by atoms with Crippen molar-refractivity contribution in [3.63, 3.8) is 0 Å². The minimum Gasteiger partial charge on any atom is -0.478 e. The number of rotatable bonds is 9. The first-order valence-electron chi connectivity index (χ1n) is 13.0. The highest BCUT2D eigenvalue weighted by molar-refractivity contribution is 6.30. The minimum absolute atomic E-state index is 0.0317. The molecule has 5 fully saturated rings. The van der Waals surface area contributed by atoms with Crippen molar-refractivity contribution in [3.05, 3.63) is 29.3 Å². The molecule has 0 spiro atoms. The van der Waals surface area contributed by atoms with E-state index in [0.717, 1.165) is 52.0 Å². The second kappa shape index (κ2) is 9.96. The molecule has 2 atom stereocenters. The van der Waals surface area contributed by atoms with E-state index in [0.29, 0.717) is 28.0 Å². The van der Waals surface area contributed by atoms with Crippen molar-refractivity contribution in [2.45, 2.75) is 57.6 Å². The molecule has 2 unspecified atom stereocenters. The highest BCUT2D eigenvalue weighted by Gasteiger charge is 2.56. The average Bonchev–Trinajstić information content (AvgIpc) is 2.80. The van der Waals surface area contributed by atoms with Gasteiger partial charge in [-0.2, -0.15) is 0 Å². The van der Waals surface area contributed by atoms with Crippen LogP contribution in [0.15, 0.2) is 24.3 Å². The van der Waals surface area contributed by atoms with E-state index >= 15 is 0 Å². The Morgan fingerprint density at radius 1 is 1.15 bits per heavy atom. The molecule has 1 amide bonds. The van der Waals surface area contributed by atoms with E-state index in [4.69, 9.17) is 25.8 Å². The molecular formula is C27H39ClN2O4. The largest absolute Gasteiger partial charge is 0.478 e. The molecule has 0 aromatic heterocycles. The zero-order valence-electron chi connectivity index (χ0n) is 20.6. The molecule has 188 valence electrons. The van der Waals surface area contributed by atoms with Gasteiger partial charge in [0.15, 0.2) is 5.60 Å². The molecule has 1 heterocycles. The summed E-state index contributed by atoms with van der Waals surface area (Å²) in [6.45, 7) is 10.1. The topological polar surface area (TPSA) is 60.0 Å². The number of nitrogens with one attached hydrogen (secondary N) is 1. The second-order valence-corrected chi connectivity index (χ2v) is 12.0. The maximum atomic E-state index is 13.3. The molecule has 34 heavy (non-hydrogen) atoms. The Morgan fingerprint density at radius 2 is 1.82 bits per heavy atom. The third-order valence-electron chi connectivity index (χ3n) is 8.50. The van der Waals surface area contributed by atoms with E-state index in [2.05, 4.69) is 10.2 Å². The van der Waals surface area contributed by atoms with Crippen molar-refractivity contribution in [3.8, 4) is 5.75 Å². The number of amides is 1. The molecule has 7 heteroatoms. The van der Waals surface area contributed by atoms with E-state index in [9.17, 15) is 4.79 Å². The standard InChI is InChI=1S/C27H39ClN2O4/c1-26(2,34-23-5-3-22(28)4-6-23)25(31)29-24-20-13-19-14-21(24)17-27(15-19,16-20)18-33-12-9-30-7-10-32-11-8-30/h3-6,19-21,24H,7-18H2,1-2H3,(H,29,31). The molecule has 4 saturated carbocycles. The van der Waals surface area contributed by atoms with Crippen LogP contribution in [0.2, 0.25) is 5.02 Å². The predicted molar refractivity (Wildman–Crippen MR) is 132 cm³/mol. The summed E-state index contributed by atoms with van der Waals surface area (Å²) in [5.74, 6) is 2.50. The van der Waals surface area contributed by atoms with Gasteiger partial charge in [-0.25, -0.2) is 0 Å². The molecule has 1 aromatic carbocycles. The molecule has 4 aliphatic carbocycles. The van der Waals surface area contributed by atoms with Crippen molar-refractivity contribution < 1.29 is 19.0 Å². The summed E-state index contributed by atoms with van der Waals surface area (Å²) >= 11 is 5.98. The van der Waals surface area contributed by atoms with Crippen LogP contribution in [0.3, 0.4) is 0 Å². The van der Waals surface area contributed by atoms with Gasteiger partial charge in [-0.05, 0) is 93.4 Å². The number of hydrogen-bond acceptors (Lipinski definition) is 5. The zero-order chi connectivity index (χ0) is 23.8. The Bertz CT molecular complexity index is 839. The van der Waals surface area contributed by atoms with Crippen LogP contribution in [0.5, 0.6) is 5.75 Å². The number of hydrogen-bond donors (Lipinski definition) is 1. The molecule has 6 rings (SSSR count). The van der Waals surface area contributed by atoms with Gasteiger partial charge in [0, 0.05) is 30.7 Å². The monoisotopic (exact) mass is 490 g/mol. The number of carbonyl (C=O) groups is 1. The van der Waals surface area contributed by atoms with Crippen molar-refractivity contribution >= 4 is 17.5 Å². The maximum absolute atomic E-state index is 13.3. The van der Waals surface area contributed by atoms with Gasteiger partial charge < -0.3 is 19.5 Å². The summed E-state index contributed by atoms with van der Waals surface area (Å²) in [5.41, 5.74) is -0.638. The van der Waals surface area contributed by atoms with Gasteiger partial charge >= 0.3 is 0 Å². The van der Waals surface area contributed by atoms with Gasteiger partial charge in [-0.1, -0.05) is 11.6 Å². The summed E-state index contributed by atoms with van der Waals surface area (Å²) in [6.07, 6.45) is 6.09. The fraction of sp³-hybridized carbons (Fsp3) is 0.741. The van der Waals surface area contributed by atoms with E-state index in [1.807, 2.05) is 26.0 Å². The van der Waals surface area contributed by atoms with Gasteiger partial charge in [0.05, 0.1) is 26.4 Å². The van der Waals surface area contributed by atoms with Crippen molar-refractivity contribution in [1.29, 1.82) is 0 Å². The summed E-state index contributed by atoms with van der Waals surface area (Å²) in [7, 11) is 0. The summed E-state index contributed by atoms with van der Waals surface area (Å²) in [4.78, 5) is 15.7. The van der Waals surface area contributed by atoms with Crippen LogP contribution in [0.4, 0.5) is 0 Å². The normalized spacial score (nSPS) is 33.1. The Kier molecular flexibility index (Phi) is 7.14. The molecule has 1 saturated heterocycles. The van der Waals surface area contributed by atoms with E-state index < -0.39 is 5.60 Å². The quantitative estimate of drug-likeness (QED) is 0.527. The third-order valence-corrected chi connectivity index (χ3v) is 8.75. The number of nitrogens with zero attached hydrogens (tertiary/aromatic N) is 1. The van der Waals surface area contributed by atoms with Crippen molar-refractivity contribution in [2.24, 2.45) is 23.2 Å². The van der Waals surface area contributed by atoms with Crippen molar-refractivity contribution in [1.82, 2.24) is 10.2 Å².